The van der Waals surface area contributed by atoms with Crippen LogP contribution in [0.4, 0.5) is 4.39 Å². The standard InChI is InChI=1S/C24H18FNO/c1-26-24(27)15-22(16-8-6-9-18(25)13-16)23-14-17-7-2-3-10-19(17)20-11-4-5-12-21(20)23/h2-15H,1H3,(H,26,27)/b22-15-. The number of rotatable bonds is 3. The summed E-state index contributed by atoms with van der Waals surface area (Å²) in [5, 5.41) is 6.97. The quantitative estimate of drug-likeness (QED) is 0.392. The largest absolute Gasteiger partial charge is 0.356 e. The van der Waals surface area contributed by atoms with Crippen LogP contribution in [0.5, 0.6) is 0 Å². The maximum atomic E-state index is 13.9. The van der Waals surface area contributed by atoms with E-state index >= 15 is 0 Å². The SMILES string of the molecule is CNC(=O)/C=C(/c1cccc(F)c1)c1cc2ccccc2c2ccccc12. The van der Waals surface area contributed by atoms with Crippen LogP contribution in [0.25, 0.3) is 27.1 Å². The van der Waals surface area contributed by atoms with Gasteiger partial charge >= 0.3 is 0 Å². The highest BCUT2D eigenvalue weighted by atomic mass is 19.1. The van der Waals surface area contributed by atoms with Gasteiger partial charge in [0, 0.05) is 13.1 Å². The molecule has 2 nitrogen and oxygen atoms in total. The molecule has 0 aliphatic heterocycles. The molecule has 0 saturated carbocycles. The Morgan fingerprint density at radius 3 is 2.30 bits per heavy atom. The summed E-state index contributed by atoms with van der Waals surface area (Å²) in [4.78, 5) is 12.2. The molecule has 132 valence electrons. The van der Waals surface area contributed by atoms with Crippen molar-refractivity contribution in [2.24, 2.45) is 0 Å². The van der Waals surface area contributed by atoms with Gasteiger partial charge in [-0.2, -0.15) is 0 Å². The van der Waals surface area contributed by atoms with E-state index in [0.717, 1.165) is 27.1 Å². The van der Waals surface area contributed by atoms with Crippen LogP contribution in [-0.2, 0) is 4.79 Å². The number of nitrogens with one attached hydrogen (secondary N) is 1. The Kier molecular flexibility index (Phi) is 4.43. The summed E-state index contributed by atoms with van der Waals surface area (Å²) in [7, 11) is 1.58. The molecule has 0 unspecified atom stereocenters. The van der Waals surface area contributed by atoms with E-state index < -0.39 is 0 Å². The fourth-order valence-corrected chi connectivity index (χ4v) is 3.45. The topological polar surface area (TPSA) is 29.1 Å². The first kappa shape index (κ1) is 17.0. The molecule has 3 heteroatoms. The molecule has 1 amide bonds. The molecule has 0 aliphatic carbocycles. The minimum Gasteiger partial charge on any atom is -0.356 e. The minimum atomic E-state index is -0.333. The van der Waals surface area contributed by atoms with Crippen LogP contribution < -0.4 is 5.32 Å². The summed E-state index contributed by atoms with van der Waals surface area (Å²) in [6, 6.07) is 24.6. The third-order valence-electron chi connectivity index (χ3n) is 4.72. The number of benzene rings is 4. The molecule has 4 aromatic rings. The number of fused-ring (bicyclic) bond motifs is 3. The van der Waals surface area contributed by atoms with Crippen molar-refractivity contribution in [2.45, 2.75) is 0 Å². The molecule has 0 spiro atoms. The van der Waals surface area contributed by atoms with Gasteiger partial charge in [0.1, 0.15) is 5.82 Å². The number of likely N-dealkylation sites (N-methyl/N-ethyl adjacent to an activating group) is 1. The zero-order chi connectivity index (χ0) is 18.8. The lowest BCUT2D eigenvalue weighted by atomic mass is 9.89. The second-order valence-corrected chi connectivity index (χ2v) is 6.37. The van der Waals surface area contributed by atoms with E-state index in [-0.39, 0.29) is 11.7 Å². The molecular weight excluding hydrogens is 337 g/mol. The van der Waals surface area contributed by atoms with Crippen molar-refractivity contribution >= 4 is 33.0 Å². The van der Waals surface area contributed by atoms with Crippen molar-refractivity contribution in [3.63, 3.8) is 0 Å². The predicted molar refractivity (Wildman–Crippen MR) is 109 cm³/mol. The maximum Gasteiger partial charge on any atom is 0.244 e. The first-order valence-corrected chi connectivity index (χ1v) is 8.77. The highest BCUT2D eigenvalue weighted by Crippen LogP contribution is 2.35. The number of carbonyl (C=O) groups is 1. The summed E-state index contributed by atoms with van der Waals surface area (Å²) >= 11 is 0. The van der Waals surface area contributed by atoms with E-state index in [2.05, 4.69) is 23.5 Å². The highest BCUT2D eigenvalue weighted by Gasteiger charge is 2.14. The lowest BCUT2D eigenvalue weighted by Gasteiger charge is -2.14. The Morgan fingerprint density at radius 1 is 0.852 bits per heavy atom. The highest BCUT2D eigenvalue weighted by molar-refractivity contribution is 6.14. The van der Waals surface area contributed by atoms with Crippen LogP contribution in [-0.4, -0.2) is 13.0 Å². The molecule has 0 bridgehead atoms. The zero-order valence-electron chi connectivity index (χ0n) is 14.9. The molecule has 0 fully saturated rings. The van der Waals surface area contributed by atoms with Crippen molar-refractivity contribution < 1.29 is 9.18 Å². The molecule has 0 atom stereocenters. The molecule has 0 radical (unpaired) electrons. The molecule has 0 aromatic heterocycles. The lowest BCUT2D eigenvalue weighted by Crippen LogP contribution is -2.15. The van der Waals surface area contributed by atoms with Crippen molar-refractivity contribution in [2.75, 3.05) is 7.05 Å². The Balaban J connectivity index is 2.09. The fourth-order valence-electron chi connectivity index (χ4n) is 3.45. The van der Waals surface area contributed by atoms with Gasteiger partial charge in [-0.1, -0.05) is 60.7 Å². The van der Waals surface area contributed by atoms with Gasteiger partial charge in [0.2, 0.25) is 5.91 Å². The third kappa shape index (κ3) is 3.20. The van der Waals surface area contributed by atoms with Gasteiger partial charge in [-0.15, -0.1) is 0 Å². The van der Waals surface area contributed by atoms with E-state index in [1.807, 2.05) is 42.5 Å². The predicted octanol–water partition coefficient (Wildman–Crippen LogP) is 5.31. The number of hydrogen-bond acceptors (Lipinski definition) is 1. The Morgan fingerprint density at radius 2 is 1.56 bits per heavy atom. The monoisotopic (exact) mass is 355 g/mol. The zero-order valence-corrected chi connectivity index (χ0v) is 14.9. The van der Waals surface area contributed by atoms with Crippen LogP contribution in [0, 0.1) is 5.82 Å². The lowest BCUT2D eigenvalue weighted by molar-refractivity contribution is -0.116. The van der Waals surface area contributed by atoms with Gasteiger partial charge < -0.3 is 5.32 Å². The molecular formula is C24H18FNO. The minimum absolute atomic E-state index is 0.230. The van der Waals surface area contributed by atoms with Gasteiger partial charge in [0.25, 0.3) is 0 Å². The Labute approximate surface area is 156 Å². The van der Waals surface area contributed by atoms with Crippen molar-refractivity contribution in [3.05, 3.63) is 102 Å². The summed E-state index contributed by atoms with van der Waals surface area (Å²) in [5.41, 5.74) is 2.26. The average molecular weight is 355 g/mol. The van der Waals surface area contributed by atoms with Crippen LogP contribution in [0.1, 0.15) is 11.1 Å². The number of amides is 1. The molecule has 27 heavy (non-hydrogen) atoms. The maximum absolute atomic E-state index is 13.9. The van der Waals surface area contributed by atoms with Crippen molar-refractivity contribution in [1.82, 2.24) is 5.32 Å². The van der Waals surface area contributed by atoms with E-state index in [1.165, 1.54) is 18.2 Å². The summed E-state index contributed by atoms with van der Waals surface area (Å²) < 4.78 is 13.9. The van der Waals surface area contributed by atoms with Gasteiger partial charge in [-0.05, 0) is 56.4 Å². The van der Waals surface area contributed by atoms with E-state index in [0.29, 0.717) is 11.1 Å². The fraction of sp³-hybridized carbons (Fsp3) is 0.0417. The van der Waals surface area contributed by atoms with Crippen LogP contribution in [0.3, 0.4) is 0 Å². The van der Waals surface area contributed by atoms with Gasteiger partial charge in [0.05, 0.1) is 0 Å². The normalized spacial score (nSPS) is 11.7. The molecule has 1 N–H and O–H groups in total. The molecule has 0 heterocycles. The third-order valence-corrected chi connectivity index (χ3v) is 4.72. The van der Waals surface area contributed by atoms with E-state index in [4.69, 9.17) is 0 Å². The Hall–Kier alpha value is -3.46. The summed E-state index contributed by atoms with van der Waals surface area (Å²) in [5.74, 6) is -0.563. The van der Waals surface area contributed by atoms with E-state index in [9.17, 15) is 9.18 Å². The van der Waals surface area contributed by atoms with Gasteiger partial charge in [-0.3, -0.25) is 4.79 Å². The smallest absolute Gasteiger partial charge is 0.244 e. The number of carbonyl (C=O) groups excluding carboxylic acids is 1. The first-order valence-electron chi connectivity index (χ1n) is 8.77. The van der Waals surface area contributed by atoms with Crippen LogP contribution in [0.15, 0.2) is 84.9 Å². The van der Waals surface area contributed by atoms with Crippen LogP contribution in [0.2, 0.25) is 0 Å². The van der Waals surface area contributed by atoms with Crippen LogP contribution >= 0.6 is 0 Å². The van der Waals surface area contributed by atoms with E-state index in [1.54, 1.807) is 13.1 Å². The number of halogens is 1. The van der Waals surface area contributed by atoms with Crippen molar-refractivity contribution in [1.29, 1.82) is 0 Å². The first-order chi connectivity index (χ1) is 13.2. The molecule has 4 rings (SSSR count). The summed E-state index contributed by atoms with van der Waals surface area (Å²) in [6.45, 7) is 0. The Bertz CT molecular complexity index is 1190. The average Bonchev–Trinajstić information content (AvgIpc) is 2.71. The second kappa shape index (κ2) is 7.04. The number of hydrogen-bond donors (Lipinski definition) is 1. The molecule has 0 saturated heterocycles. The van der Waals surface area contributed by atoms with Gasteiger partial charge in [-0.25, -0.2) is 4.39 Å². The van der Waals surface area contributed by atoms with Gasteiger partial charge in [0.15, 0.2) is 0 Å². The summed E-state index contributed by atoms with van der Waals surface area (Å²) in [6.07, 6.45) is 1.53. The van der Waals surface area contributed by atoms with Crippen molar-refractivity contribution in [3.8, 4) is 0 Å². The second-order valence-electron chi connectivity index (χ2n) is 6.37. The molecule has 0 aliphatic rings. The molecule has 4 aromatic carbocycles.